The third-order valence-corrected chi connectivity index (χ3v) is 5.11. The highest BCUT2D eigenvalue weighted by Gasteiger charge is 2.41. The Bertz CT molecular complexity index is 614. The molecule has 0 fully saturated rings. The highest BCUT2D eigenvalue weighted by molar-refractivity contribution is 6.31. The van der Waals surface area contributed by atoms with E-state index in [1.54, 1.807) is 0 Å². The molecule has 0 saturated carbocycles. The summed E-state index contributed by atoms with van der Waals surface area (Å²) in [6.45, 7) is 4.51. The summed E-state index contributed by atoms with van der Waals surface area (Å²) in [5, 5.41) is 1.65. The van der Waals surface area contributed by atoms with E-state index in [-0.39, 0.29) is 5.41 Å². The van der Waals surface area contributed by atoms with Crippen molar-refractivity contribution in [2.24, 2.45) is 0 Å². The van der Waals surface area contributed by atoms with Gasteiger partial charge in [0, 0.05) is 15.5 Å². The number of rotatable bonds is 4. The summed E-state index contributed by atoms with van der Waals surface area (Å²) in [7, 11) is 0. The van der Waals surface area contributed by atoms with E-state index in [4.69, 9.17) is 23.2 Å². The van der Waals surface area contributed by atoms with E-state index in [0.29, 0.717) is 0 Å². The summed E-state index contributed by atoms with van der Waals surface area (Å²) in [4.78, 5) is 0. The van der Waals surface area contributed by atoms with Crippen LogP contribution in [-0.4, -0.2) is 0 Å². The van der Waals surface area contributed by atoms with Gasteiger partial charge in [-0.15, -0.1) is 0 Å². The van der Waals surface area contributed by atoms with E-state index in [0.717, 1.165) is 35.7 Å². The first kappa shape index (κ1) is 14.9. The van der Waals surface area contributed by atoms with Crippen molar-refractivity contribution in [3.05, 3.63) is 57.6 Å². The topological polar surface area (TPSA) is 0 Å². The van der Waals surface area contributed by atoms with Crippen LogP contribution in [0.25, 0.3) is 11.1 Å². The average Bonchev–Trinajstić information content (AvgIpc) is 2.70. The van der Waals surface area contributed by atoms with Crippen molar-refractivity contribution >= 4 is 23.2 Å². The van der Waals surface area contributed by atoms with Gasteiger partial charge in [-0.25, -0.2) is 0 Å². The highest BCUT2D eigenvalue weighted by Crippen LogP contribution is 2.54. The molecule has 0 bridgehead atoms. The van der Waals surface area contributed by atoms with Crippen LogP contribution in [-0.2, 0) is 5.41 Å². The van der Waals surface area contributed by atoms with Crippen molar-refractivity contribution in [1.29, 1.82) is 0 Å². The summed E-state index contributed by atoms with van der Waals surface area (Å²) in [5.41, 5.74) is 5.50. The molecular formula is C19H20Cl2. The van der Waals surface area contributed by atoms with Gasteiger partial charge in [0.15, 0.2) is 0 Å². The fourth-order valence-electron chi connectivity index (χ4n) is 3.96. The maximum absolute atomic E-state index is 6.30. The van der Waals surface area contributed by atoms with Gasteiger partial charge >= 0.3 is 0 Å². The number of halogens is 2. The Morgan fingerprint density at radius 1 is 0.762 bits per heavy atom. The summed E-state index contributed by atoms with van der Waals surface area (Å²) < 4.78 is 0. The molecule has 0 atom stereocenters. The van der Waals surface area contributed by atoms with Crippen LogP contribution in [0.1, 0.15) is 50.7 Å². The van der Waals surface area contributed by atoms with Crippen LogP contribution < -0.4 is 0 Å². The van der Waals surface area contributed by atoms with E-state index < -0.39 is 0 Å². The van der Waals surface area contributed by atoms with Gasteiger partial charge in [0.1, 0.15) is 0 Å². The Labute approximate surface area is 137 Å². The van der Waals surface area contributed by atoms with Crippen LogP contribution in [0.2, 0.25) is 10.0 Å². The second-order valence-electron chi connectivity index (χ2n) is 5.96. The van der Waals surface area contributed by atoms with E-state index in [1.165, 1.54) is 22.3 Å². The van der Waals surface area contributed by atoms with Gasteiger partial charge in [-0.05, 0) is 59.4 Å². The molecule has 1 aliphatic rings. The SMILES string of the molecule is CCCC1(CCC)c2cc(Cl)ccc2-c2ccc(Cl)cc21. The molecule has 2 aromatic rings. The van der Waals surface area contributed by atoms with Gasteiger partial charge in [-0.1, -0.05) is 62.0 Å². The fourth-order valence-corrected chi connectivity index (χ4v) is 4.30. The van der Waals surface area contributed by atoms with E-state index in [1.807, 2.05) is 12.1 Å². The first-order valence-corrected chi connectivity index (χ1v) is 8.48. The van der Waals surface area contributed by atoms with Crippen molar-refractivity contribution in [1.82, 2.24) is 0 Å². The van der Waals surface area contributed by atoms with E-state index in [9.17, 15) is 0 Å². The molecule has 21 heavy (non-hydrogen) atoms. The Balaban J connectivity index is 2.32. The first-order valence-electron chi connectivity index (χ1n) is 7.73. The normalized spacial score (nSPS) is 14.9. The predicted octanol–water partition coefficient (Wildman–Crippen LogP) is 6.86. The van der Waals surface area contributed by atoms with Gasteiger partial charge in [0.2, 0.25) is 0 Å². The number of benzene rings is 2. The Kier molecular flexibility index (Phi) is 4.03. The quantitative estimate of drug-likeness (QED) is 0.577. The Hall–Kier alpha value is -0.980. The largest absolute Gasteiger partial charge is 0.0843 e. The van der Waals surface area contributed by atoms with Gasteiger partial charge in [0.25, 0.3) is 0 Å². The minimum Gasteiger partial charge on any atom is -0.0843 e. The summed E-state index contributed by atoms with van der Waals surface area (Å²) in [5.74, 6) is 0. The maximum Gasteiger partial charge on any atom is 0.0409 e. The van der Waals surface area contributed by atoms with Crippen LogP contribution in [0, 0.1) is 0 Å². The average molecular weight is 319 g/mol. The summed E-state index contributed by atoms with van der Waals surface area (Å²) >= 11 is 12.6. The first-order chi connectivity index (χ1) is 10.1. The molecule has 2 aromatic carbocycles. The van der Waals surface area contributed by atoms with E-state index in [2.05, 4.69) is 38.1 Å². The monoisotopic (exact) mass is 318 g/mol. The van der Waals surface area contributed by atoms with Crippen molar-refractivity contribution in [2.45, 2.75) is 44.9 Å². The fraction of sp³-hybridized carbons (Fsp3) is 0.368. The third kappa shape index (κ3) is 2.29. The van der Waals surface area contributed by atoms with Crippen LogP contribution >= 0.6 is 23.2 Å². The molecule has 0 unspecified atom stereocenters. The molecule has 0 aliphatic heterocycles. The third-order valence-electron chi connectivity index (χ3n) is 4.64. The molecule has 2 heteroatoms. The minimum absolute atomic E-state index is 0.0734. The van der Waals surface area contributed by atoms with Crippen molar-refractivity contribution < 1.29 is 0 Å². The molecule has 0 spiro atoms. The lowest BCUT2D eigenvalue weighted by molar-refractivity contribution is 0.436. The van der Waals surface area contributed by atoms with Crippen LogP contribution in [0.15, 0.2) is 36.4 Å². The number of hydrogen-bond acceptors (Lipinski definition) is 0. The minimum atomic E-state index is 0.0734. The molecule has 0 N–H and O–H groups in total. The summed E-state index contributed by atoms with van der Waals surface area (Å²) in [6, 6.07) is 12.6. The molecule has 0 aromatic heterocycles. The zero-order valence-corrected chi connectivity index (χ0v) is 14.1. The molecule has 0 nitrogen and oxygen atoms in total. The molecule has 110 valence electrons. The summed E-state index contributed by atoms with van der Waals surface area (Å²) in [6.07, 6.45) is 4.58. The predicted molar refractivity (Wildman–Crippen MR) is 92.5 cm³/mol. The molecule has 0 radical (unpaired) electrons. The second kappa shape index (κ2) is 5.66. The standard InChI is InChI=1S/C19H20Cl2/c1-3-9-19(10-4-2)17-11-13(20)5-7-15(17)16-8-6-14(21)12-18(16)19/h5-8,11-12H,3-4,9-10H2,1-2H3. The second-order valence-corrected chi connectivity index (χ2v) is 6.83. The van der Waals surface area contributed by atoms with Gasteiger partial charge in [-0.2, -0.15) is 0 Å². The zero-order valence-electron chi connectivity index (χ0n) is 12.5. The van der Waals surface area contributed by atoms with E-state index >= 15 is 0 Å². The molecule has 0 heterocycles. The van der Waals surface area contributed by atoms with Crippen molar-refractivity contribution in [2.75, 3.05) is 0 Å². The smallest absolute Gasteiger partial charge is 0.0409 e. The van der Waals surface area contributed by atoms with Gasteiger partial charge in [0.05, 0.1) is 0 Å². The van der Waals surface area contributed by atoms with Crippen molar-refractivity contribution in [3.63, 3.8) is 0 Å². The Morgan fingerprint density at radius 2 is 1.19 bits per heavy atom. The van der Waals surface area contributed by atoms with Crippen LogP contribution in [0.5, 0.6) is 0 Å². The lowest BCUT2D eigenvalue weighted by atomic mass is 9.71. The molecule has 0 amide bonds. The molecule has 0 saturated heterocycles. The van der Waals surface area contributed by atoms with Crippen LogP contribution in [0.3, 0.4) is 0 Å². The van der Waals surface area contributed by atoms with Crippen molar-refractivity contribution in [3.8, 4) is 11.1 Å². The number of hydrogen-bond donors (Lipinski definition) is 0. The lowest BCUT2D eigenvalue weighted by Gasteiger charge is -2.32. The lowest BCUT2D eigenvalue weighted by Crippen LogP contribution is -2.25. The molecular weight excluding hydrogens is 299 g/mol. The number of fused-ring (bicyclic) bond motifs is 3. The molecule has 3 rings (SSSR count). The van der Waals surface area contributed by atoms with Gasteiger partial charge < -0.3 is 0 Å². The Morgan fingerprint density at radius 3 is 1.57 bits per heavy atom. The zero-order chi connectivity index (χ0) is 15.0. The maximum atomic E-state index is 6.30. The molecule has 1 aliphatic carbocycles. The van der Waals surface area contributed by atoms with Crippen LogP contribution in [0.4, 0.5) is 0 Å². The highest BCUT2D eigenvalue weighted by atomic mass is 35.5. The van der Waals surface area contributed by atoms with Gasteiger partial charge in [-0.3, -0.25) is 0 Å².